The second-order valence-corrected chi connectivity index (χ2v) is 8.07. The van der Waals surface area contributed by atoms with Gasteiger partial charge in [-0.2, -0.15) is 4.39 Å². The van der Waals surface area contributed by atoms with Crippen molar-refractivity contribution in [3.63, 3.8) is 0 Å². The van der Waals surface area contributed by atoms with Gasteiger partial charge in [-0.25, -0.2) is 18.1 Å². The number of phosphoric ester groups is 1. The number of ether oxygens (including phenoxy) is 1. The Morgan fingerprint density at radius 2 is 1.90 bits per heavy atom. The first-order chi connectivity index (χ1) is 13.7. The molecule has 0 spiro atoms. The molecule has 156 valence electrons. The molecule has 2 saturated heterocycles. The second-order valence-electron chi connectivity index (χ2n) is 6.45. The summed E-state index contributed by atoms with van der Waals surface area (Å²) in [7, 11) is -4.07. The van der Waals surface area contributed by atoms with Gasteiger partial charge in [0.05, 0.1) is 19.4 Å². The van der Waals surface area contributed by atoms with E-state index in [-0.39, 0.29) is 18.6 Å². The molecule has 1 aromatic heterocycles. The van der Waals surface area contributed by atoms with E-state index in [1.54, 1.807) is 0 Å². The molecule has 0 bridgehead atoms. The van der Waals surface area contributed by atoms with Crippen LogP contribution in [0, 0.1) is 17.5 Å². The lowest BCUT2D eigenvalue weighted by molar-refractivity contribution is -0.0731. The third-order valence-electron chi connectivity index (χ3n) is 4.39. The van der Waals surface area contributed by atoms with Crippen LogP contribution in [0.5, 0.6) is 0 Å². The molecule has 4 atom stereocenters. The van der Waals surface area contributed by atoms with Crippen LogP contribution in [0.15, 0.2) is 34.0 Å². The Labute approximate surface area is 160 Å². The highest BCUT2D eigenvalue weighted by Gasteiger charge is 2.48. The maximum Gasteiger partial charge on any atom is 0.475 e. The first-order valence-corrected chi connectivity index (χ1v) is 9.87. The lowest BCUT2D eigenvalue weighted by atomic mass is 10.2. The van der Waals surface area contributed by atoms with Crippen molar-refractivity contribution in [2.24, 2.45) is 0 Å². The third-order valence-corrected chi connectivity index (χ3v) is 5.83. The normalized spacial score (nSPS) is 29.0. The number of rotatable bonds is 4. The summed E-state index contributed by atoms with van der Waals surface area (Å²) < 4.78 is 74.6. The van der Waals surface area contributed by atoms with Crippen LogP contribution in [0.25, 0.3) is 0 Å². The van der Waals surface area contributed by atoms with Crippen molar-refractivity contribution in [3.05, 3.63) is 68.2 Å². The van der Waals surface area contributed by atoms with E-state index >= 15 is 0 Å². The van der Waals surface area contributed by atoms with E-state index in [0.717, 1.165) is 16.7 Å². The number of hydrogen-bond donors (Lipinski definition) is 1. The van der Waals surface area contributed by atoms with Crippen molar-refractivity contribution < 1.29 is 36.0 Å². The molecule has 13 heteroatoms. The van der Waals surface area contributed by atoms with Gasteiger partial charge in [-0.05, 0) is 17.7 Å². The molecule has 1 unspecified atom stereocenters. The van der Waals surface area contributed by atoms with Gasteiger partial charge in [0.2, 0.25) is 5.82 Å². The fourth-order valence-electron chi connectivity index (χ4n) is 3.08. The van der Waals surface area contributed by atoms with Crippen LogP contribution in [-0.4, -0.2) is 28.4 Å². The van der Waals surface area contributed by atoms with Gasteiger partial charge in [0.25, 0.3) is 5.56 Å². The quantitative estimate of drug-likeness (QED) is 0.733. The maximum atomic E-state index is 13.5. The highest BCUT2D eigenvalue weighted by atomic mass is 31.2. The number of fused-ring (bicyclic) bond motifs is 1. The zero-order valence-corrected chi connectivity index (χ0v) is 15.4. The summed E-state index contributed by atoms with van der Waals surface area (Å²) in [6, 6.07) is 2.70. The molecule has 2 fully saturated rings. The number of nitrogens with zero attached hydrogens (tertiary/aromatic N) is 1. The summed E-state index contributed by atoms with van der Waals surface area (Å²) in [6.07, 6.45) is -1.82. The SMILES string of the molecule is O=c1[nH]c(=O)n([C@H]2C[C@@H]3OP(=O)(OCc4cc(F)cc(F)c4)OC[C@H]3O2)cc1F. The number of phosphoric acid groups is 1. The van der Waals surface area contributed by atoms with Crippen LogP contribution < -0.4 is 11.2 Å². The predicted molar refractivity (Wildman–Crippen MR) is 89.4 cm³/mol. The molecule has 0 aliphatic carbocycles. The summed E-state index contributed by atoms with van der Waals surface area (Å²) in [5.74, 6) is -2.81. The Hall–Kier alpha value is -2.24. The Kier molecular flexibility index (Phi) is 5.21. The number of halogens is 3. The van der Waals surface area contributed by atoms with Gasteiger partial charge in [0.1, 0.15) is 30.1 Å². The number of aromatic amines is 1. The predicted octanol–water partition coefficient (Wildman–Crippen LogP) is 1.98. The Morgan fingerprint density at radius 3 is 2.62 bits per heavy atom. The van der Waals surface area contributed by atoms with Gasteiger partial charge in [0, 0.05) is 12.5 Å². The number of benzene rings is 1. The van der Waals surface area contributed by atoms with E-state index in [1.807, 2.05) is 4.98 Å². The first-order valence-electron chi connectivity index (χ1n) is 8.41. The lowest BCUT2D eigenvalue weighted by Gasteiger charge is -2.29. The monoisotopic (exact) mass is 434 g/mol. The fraction of sp³-hybridized carbons (Fsp3) is 0.375. The van der Waals surface area contributed by atoms with Crippen molar-refractivity contribution in [2.75, 3.05) is 6.61 Å². The van der Waals surface area contributed by atoms with E-state index in [4.69, 9.17) is 18.3 Å². The van der Waals surface area contributed by atoms with Gasteiger partial charge in [-0.15, -0.1) is 0 Å². The van der Waals surface area contributed by atoms with Crippen molar-refractivity contribution in [1.29, 1.82) is 0 Å². The minimum atomic E-state index is -4.07. The molecule has 1 aromatic carbocycles. The van der Waals surface area contributed by atoms with Crippen molar-refractivity contribution in [1.82, 2.24) is 9.55 Å². The van der Waals surface area contributed by atoms with Crippen molar-refractivity contribution in [2.45, 2.75) is 31.5 Å². The zero-order valence-electron chi connectivity index (χ0n) is 14.5. The van der Waals surface area contributed by atoms with Crippen LogP contribution >= 0.6 is 7.82 Å². The van der Waals surface area contributed by atoms with Crippen LogP contribution in [0.2, 0.25) is 0 Å². The minimum absolute atomic E-state index is 0.00135. The Balaban J connectivity index is 1.44. The number of hydrogen-bond acceptors (Lipinski definition) is 7. The summed E-state index contributed by atoms with van der Waals surface area (Å²) in [4.78, 5) is 24.8. The third kappa shape index (κ3) is 4.21. The molecule has 2 aliphatic rings. The highest BCUT2D eigenvalue weighted by Crippen LogP contribution is 2.57. The fourth-order valence-corrected chi connectivity index (χ4v) is 4.47. The van der Waals surface area contributed by atoms with Gasteiger partial charge in [0.15, 0.2) is 0 Å². The number of H-pyrrole nitrogens is 1. The van der Waals surface area contributed by atoms with E-state index in [0.29, 0.717) is 12.3 Å². The lowest BCUT2D eigenvalue weighted by Crippen LogP contribution is -2.34. The molecule has 1 N–H and O–H groups in total. The molecule has 3 heterocycles. The molecule has 4 rings (SSSR count). The van der Waals surface area contributed by atoms with Gasteiger partial charge >= 0.3 is 13.5 Å². The molecule has 2 aromatic rings. The standard InChI is InChI=1S/C16H14F3N2O7P/c17-9-1-8(2-10(18)3-9)6-25-29(24)26-7-13-12(28-29)4-14(27-13)21-5-11(19)15(22)20-16(21)23/h1-3,5,12-14H,4,6-7H2,(H,20,22,23)/t12-,13+,14+,29?/m0/s1. The van der Waals surface area contributed by atoms with E-state index in [1.165, 1.54) is 0 Å². The average molecular weight is 434 g/mol. The van der Waals surface area contributed by atoms with Crippen LogP contribution in [0.3, 0.4) is 0 Å². The molecule has 0 radical (unpaired) electrons. The molecule has 9 nitrogen and oxygen atoms in total. The molecule has 29 heavy (non-hydrogen) atoms. The smallest absolute Gasteiger partial charge is 0.349 e. The Morgan fingerprint density at radius 1 is 1.17 bits per heavy atom. The van der Waals surface area contributed by atoms with Crippen LogP contribution in [0.4, 0.5) is 13.2 Å². The van der Waals surface area contributed by atoms with Gasteiger partial charge < -0.3 is 4.74 Å². The zero-order chi connectivity index (χ0) is 20.8. The summed E-state index contributed by atoms with van der Waals surface area (Å²) >= 11 is 0. The second kappa shape index (κ2) is 7.54. The summed E-state index contributed by atoms with van der Waals surface area (Å²) in [5.41, 5.74) is -1.95. The summed E-state index contributed by atoms with van der Waals surface area (Å²) in [5, 5.41) is 0. The molecule has 2 aliphatic heterocycles. The Bertz CT molecular complexity index is 1080. The molecule has 0 saturated carbocycles. The van der Waals surface area contributed by atoms with Gasteiger partial charge in [-0.1, -0.05) is 0 Å². The number of nitrogens with one attached hydrogen (secondary N) is 1. The van der Waals surface area contributed by atoms with Crippen LogP contribution in [0.1, 0.15) is 18.2 Å². The van der Waals surface area contributed by atoms with E-state index in [9.17, 15) is 27.3 Å². The molecular weight excluding hydrogens is 420 g/mol. The van der Waals surface area contributed by atoms with Crippen molar-refractivity contribution in [3.8, 4) is 0 Å². The maximum absolute atomic E-state index is 13.5. The molecule has 0 amide bonds. The highest BCUT2D eigenvalue weighted by molar-refractivity contribution is 7.48. The van der Waals surface area contributed by atoms with Crippen LogP contribution in [-0.2, 0) is 29.5 Å². The van der Waals surface area contributed by atoms with E-state index in [2.05, 4.69) is 0 Å². The molecular formula is C16H14F3N2O7P. The average Bonchev–Trinajstić information content (AvgIpc) is 3.05. The summed E-state index contributed by atoms with van der Waals surface area (Å²) in [6.45, 7) is -0.644. The topological polar surface area (TPSA) is 109 Å². The van der Waals surface area contributed by atoms with E-state index < -0.39 is 61.6 Å². The minimum Gasteiger partial charge on any atom is -0.349 e. The number of aromatic nitrogens is 2. The van der Waals surface area contributed by atoms with Crippen molar-refractivity contribution >= 4 is 7.82 Å². The largest absolute Gasteiger partial charge is 0.475 e. The first kappa shape index (κ1) is 20.0. The van der Waals surface area contributed by atoms with Gasteiger partial charge in [-0.3, -0.25) is 27.9 Å².